The molecular weight excluding hydrogens is 292 g/mol. The highest BCUT2D eigenvalue weighted by molar-refractivity contribution is 5.86. The van der Waals surface area contributed by atoms with Crippen molar-refractivity contribution in [3.63, 3.8) is 0 Å². The number of carbonyl (C=O) groups excluding carboxylic acids is 2. The van der Waals surface area contributed by atoms with Gasteiger partial charge in [0.1, 0.15) is 11.6 Å². The first-order valence-corrected chi connectivity index (χ1v) is 6.11. The van der Waals surface area contributed by atoms with E-state index in [1.54, 1.807) is 0 Å². The summed E-state index contributed by atoms with van der Waals surface area (Å²) >= 11 is 0. The number of benzene rings is 1. The van der Waals surface area contributed by atoms with Crippen molar-refractivity contribution in [2.24, 2.45) is 0 Å². The van der Waals surface area contributed by atoms with Gasteiger partial charge in [0.25, 0.3) is 5.91 Å². The molecule has 1 aliphatic rings. The van der Waals surface area contributed by atoms with E-state index in [4.69, 9.17) is 0 Å². The van der Waals surface area contributed by atoms with Gasteiger partial charge in [0.05, 0.1) is 12.1 Å². The van der Waals surface area contributed by atoms with Crippen LogP contribution < -0.4 is 10.6 Å². The minimum atomic E-state index is -3.61. The van der Waals surface area contributed by atoms with Gasteiger partial charge in [0.2, 0.25) is 5.91 Å². The fourth-order valence-corrected chi connectivity index (χ4v) is 2.15. The van der Waals surface area contributed by atoms with Crippen molar-refractivity contribution in [1.29, 1.82) is 0 Å². The van der Waals surface area contributed by atoms with Gasteiger partial charge < -0.3 is 10.6 Å². The van der Waals surface area contributed by atoms with Crippen LogP contribution in [0.1, 0.15) is 24.9 Å². The molecule has 2 amide bonds. The van der Waals surface area contributed by atoms with Gasteiger partial charge in [-0.2, -0.15) is 8.78 Å². The highest BCUT2D eigenvalue weighted by atomic mass is 19.3. The van der Waals surface area contributed by atoms with Crippen LogP contribution in [0.25, 0.3) is 0 Å². The van der Waals surface area contributed by atoms with Gasteiger partial charge in [-0.25, -0.2) is 8.78 Å². The van der Waals surface area contributed by atoms with E-state index in [1.807, 2.05) is 5.32 Å². The molecule has 0 bridgehead atoms. The summed E-state index contributed by atoms with van der Waals surface area (Å²) in [5.41, 5.74) is 0.0584. The molecule has 1 aromatic carbocycles. The third kappa shape index (κ3) is 3.50. The second kappa shape index (κ2) is 5.34. The van der Waals surface area contributed by atoms with Crippen LogP contribution in [0.3, 0.4) is 0 Å². The highest BCUT2D eigenvalue weighted by Gasteiger charge is 2.40. The van der Waals surface area contributed by atoms with E-state index in [-0.39, 0.29) is 12.0 Å². The Balaban J connectivity index is 2.24. The maximum atomic E-state index is 13.2. The molecule has 2 N–H and O–H groups in total. The summed E-state index contributed by atoms with van der Waals surface area (Å²) < 4.78 is 52.2. The van der Waals surface area contributed by atoms with Gasteiger partial charge in [-0.3, -0.25) is 9.59 Å². The molecule has 0 radical (unpaired) electrons. The number of hydrogen-bond donors (Lipinski definition) is 2. The van der Waals surface area contributed by atoms with Crippen molar-refractivity contribution >= 4 is 11.8 Å². The first-order valence-electron chi connectivity index (χ1n) is 6.11. The molecule has 1 fully saturated rings. The van der Waals surface area contributed by atoms with Gasteiger partial charge in [-0.05, 0) is 17.7 Å². The summed E-state index contributed by atoms with van der Waals surface area (Å²) in [7, 11) is 0. The van der Waals surface area contributed by atoms with Gasteiger partial charge in [0, 0.05) is 19.4 Å². The smallest absolute Gasteiger partial charge is 0.321 e. The molecule has 0 aliphatic carbocycles. The van der Waals surface area contributed by atoms with E-state index in [9.17, 15) is 27.2 Å². The third-order valence-electron chi connectivity index (χ3n) is 3.08. The van der Waals surface area contributed by atoms with Crippen molar-refractivity contribution in [1.82, 2.24) is 10.6 Å². The molecule has 1 heterocycles. The number of rotatable bonds is 3. The Kier molecular flexibility index (Phi) is 3.89. The first kappa shape index (κ1) is 15.3. The summed E-state index contributed by atoms with van der Waals surface area (Å²) in [5, 5.41) is 4.42. The topological polar surface area (TPSA) is 58.2 Å². The number of halogens is 4. The fourth-order valence-electron chi connectivity index (χ4n) is 2.15. The number of amides is 2. The van der Waals surface area contributed by atoms with Crippen LogP contribution in [0.5, 0.6) is 0 Å². The average Bonchev–Trinajstić information content (AvgIpc) is 2.67. The van der Waals surface area contributed by atoms with E-state index in [0.29, 0.717) is 13.0 Å². The molecule has 0 spiro atoms. The molecule has 1 saturated heterocycles. The van der Waals surface area contributed by atoms with Crippen LogP contribution in [0.4, 0.5) is 17.6 Å². The SMILES string of the molecule is CC(F)(F)C(=O)NC1CC(=O)NC1c1cc(F)cc(F)c1. The molecule has 0 aromatic heterocycles. The average molecular weight is 304 g/mol. The Labute approximate surface area is 117 Å². The minimum absolute atomic E-state index is 0.0584. The molecule has 21 heavy (non-hydrogen) atoms. The van der Waals surface area contributed by atoms with E-state index in [2.05, 4.69) is 5.32 Å². The molecule has 2 unspecified atom stereocenters. The van der Waals surface area contributed by atoms with Crippen LogP contribution in [0.2, 0.25) is 0 Å². The molecule has 1 aliphatic heterocycles. The predicted molar refractivity (Wildman–Crippen MR) is 64.4 cm³/mol. The van der Waals surface area contributed by atoms with Crippen LogP contribution >= 0.6 is 0 Å². The molecule has 8 heteroatoms. The Morgan fingerprint density at radius 3 is 2.38 bits per heavy atom. The van der Waals surface area contributed by atoms with Crippen molar-refractivity contribution < 1.29 is 27.2 Å². The van der Waals surface area contributed by atoms with Crippen LogP contribution in [-0.2, 0) is 9.59 Å². The van der Waals surface area contributed by atoms with Gasteiger partial charge in [0.15, 0.2) is 0 Å². The van der Waals surface area contributed by atoms with Crippen LogP contribution in [0.15, 0.2) is 18.2 Å². The van der Waals surface area contributed by atoms with Crippen molar-refractivity contribution in [2.75, 3.05) is 0 Å². The van der Waals surface area contributed by atoms with Crippen LogP contribution in [-0.4, -0.2) is 23.8 Å². The molecule has 2 atom stereocenters. The van der Waals surface area contributed by atoms with Crippen molar-refractivity contribution in [2.45, 2.75) is 31.4 Å². The zero-order valence-electron chi connectivity index (χ0n) is 10.9. The molecule has 4 nitrogen and oxygen atoms in total. The minimum Gasteiger partial charge on any atom is -0.347 e. The Morgan fingerprint density at radius 2 is 1.86 bits per heavy atom. The summed E-state index contributed by atoms with van der Waals surface area (Å²) in [4.78, 5) is 22.7. The predicted octanol–water partition coefficient (Wildman–Crippen LogP) is 1.67. The first-order chi connectivity index (χ1) is 9.66. The Hall–Kier alpha value is -2.12. The summed E-state index contributed by atoms with van der Waals surface area (Å²) in [6.45, 7) is 0.420. The van der Waals surface area contributed by atoms with Crippen LogP contribution in [0, 0.1) is 11.6 Å². The number of hydrogen-bond acceptors (Lipinski definition) is 2. The van der Waals surface area contributed by atoms with E-state index < -0.39 is 41.5 Å². The van der Waals surface area contributed by atoms with Crippen molar-refractivity contribution in [3.8, 4) is 0 Å². The zero-order valence-corrected chi connectivity index (χ0v) is 10.9. The third-order valence-corrected chi connectivity index (χ3v) is 3.08. The lowest BCUT2D eigenvalue weighted by atomic mass is 10.00. The summed E-state index contributed by atoms with van der Waals surface area (Å²) in [6, 6.07) is 0.630. The molecule has 2 rings (SSSR count). The maximum absolute atomic E-state index is 13.2. The largest absolute Gasteiger partial charge is 0.347 e. The number of carbonyl (C=O) groups is 2. The molecule has 1 aromatic rings. The maximum Gasteiger partial charge on any atom is 0.321 e. The number of alkyl halides is 2. The normalized spacial score (nSPS) is 22.0. The van der Waals surface area contributed by atoms with E-state index in [1.165, 1.54) is 0 Å². The zero-order chi connectivity index (χ0) is 15.8. The van der Waals surface area contributed by atoms with Crippen molar-refractivity contribution in [3.05, 3.63) is 35.4 Å². The second-order valence-electron chi connectivity index (χ2n) is 4.92. The lowest BCUT2D eigenvalue weighted by Crippen LogP contribution is -2.45. The lowest BCUT2D eigenvalue weighted by molar-refractivity contribution is -0.143. The summed E-state index contributed by atoms with van der Waals surface area (Å²) in [6.07, 6.45) is -0.245. The lowest BCUT2D eigenvalue weighted by Gasteiger charge is -2.22. The van der Waals surface area contributed by atoms with Gasteiger partial charge in [-0.1, -0.05) is 0 Å². The van der Waals surface area contributed by atoms with Gasteiger partial charge >= 0.3 is 5.92 Å². The fraction of sp³-hybridized carbons (Fsp3) is 0.385. The summed E-state index contributed by atoms with van der Waals surface area (Å²) in [5.74, 6) is -7.39. The number of nitrogens with one attached hydrogen (secondary N) is 2. The van der Waals surface area contributed by atoms with E-state index in [0.717, 1.165) is 12.1 Å². The quantitative estimate of drug-likeness (QED) is 0.835. The standard InChI is InChI=1S/C13H12F4N2O2/c1-13(16,17)12(21)18-9-5-10(20)19-11(9)6-2-7(14)4-8(15)3-6/h2-4,9,11H,5H2,1H3,(H,18,21)(H,19,20). The second-order valence-corrected chi connectivity index (χ2v) is 4.92. The molecular formula is C13H12F4N2O2. The Bertz CT molecular complexity index is 566. The molecule has 114 valence electrons. The van der Waals surface area contributed by atoms with Gasteiger partial charge in [-0.15, -0.1) is 0 Å². The monoisotopic (exact) mass is 304 g/mol. The highest BCUT2D eigenvalue weighted by Crippen LogP contribution is 2.27. The van der Waals surface area contributed by atoms with E-state index >= 15 is 0 Å². The molecule has 0 saturated carbocycles. The Morgan fingerprint density at radius 1 is 1.29 bits per heavy atom.